The highest BCUT2D eigenvalue weighted by Crippen LogP contribution is 2.28. The summed E-state index contributed by atoms with van der Waals surface area (Å²) in [5.41, 5.74) is 0.370. The highest BCUT2D eigenvalue weighted by molar-refractivity contribution is 6.33. The number of anilines is 1. The summed E-state index contributed by atoms with van der Waals surface area (Å²) in [5, 5.41) is 2.82. The van der Waals surface area contributed by atoms with Crippen molar-refractivity contribution in [2.45, 2.75) is 25.8 Å². The molecular weight excluding hydrogens is 323 g/mol. The average molecular weight is 343 g/mol. The molecule has 0 saturated heterocycles. The lowest BCUT2D eigenvalue weighted by atomic mass is 10.1. The molecule has 2 rings (SSSR count). The minimum Gasteiger partial charge on any atom is -0.469 e. The number of nitrogens with zero attached hydrogens (tertiary/aromatic N) is 1. The van der Waals surface area contributed by atoms with Gasteiger partial charge in [-0.3, -0.25) is 14.5 Å². The molecule has 0 spiro atoms. The van der Waals surface area contributed by atoms with Gasteiger partial charge in [0.05, 0.1) is 30.3 Å². The quantitative estimate of drug-likeness (QED) is 0.774. The third kappa shape index (κ3) is 5.18. The molecule has 5 nitrogen and oxygen atoms in total. The highest BCUT2D eigenvalue weighted by Gasteiger charge is 2.32. The summed E-state index contributed by atoms with van der Waals surface area (Å²) in [5.74, 6) is -1.30. The number of amides is 1. The molecule has 1 fully saturated rings. The van der Waals surface area contributed by atoms with Gasteiger partial charge < -0.3 is 10.1 Å². The molecule has 0 aliphatic heterocycles. The zero-order valence-electron chi connectivity index (χ0n) is 13.1. The van der Waals surface area contributed by atoms with Gasteiger partial charge in [0, 0.05) is 12.6 Å². The van der Waals surface area contributed by atoms with E-state index in [1.54, 1.807) is 6.92 Å². The molecule has 1 amide bonds. The summed E-state index contributed by atoms with van der Waals surface area (Å²) in [6.45, 7) is 2.39. The normalized spacial score (nSPS) is 15.3. The van der Waals surface area contributed by atoms with E-state index in [0.717, 1.165) is 18.9 Å². The molecule has 1 saturated carbocycles. The third-order valence-corrected chi connectivity index (χ3v) is 4.04. The number of esters is 1. The number of nitrogens with one attached hydrogen (secondary N) is 1. The smallest absolute Gasteiger partial charge is 0.309 e. The second kappa shape index (κ2) is 7.75. The van der Waals surface area contributed by atoms with E-state index >= 15 is 0 Å². The largest absolute Gasteiger partial charge is 0.469 e. The Labute approximate surface area is 139 Å². The van der Waals surface area contributed by atoms with Crippen LogP contribution >= 0.6 is 11.6 Å². The number of ether oxygens (including phenoxy) is 1. The first-order chi connectivity index (χ1) is 10.9. The predicted octanol–water partition coefficient (Wildman–Crippen LogP) is 2.69. The number of carbonyl (C=O) groups is 2. The molecule has 1 atom stereocenters. The maximum atomic E-state index is 13.0. The lowest BCUT2D eigenvalue weighted by Crippen LogP contribution is -2.39. The van der Waals surface area contributed by atoms with Gasteiger partial charge in [-0.1, -0.05) is 18.5 Å². The molecule has 0 unspecified atom stereocenters. The van der Waals surface area contributed by atoms with Gasteiger partial charge in [-0.05, 0) is 31.0 Å². The van der Waals surface area contributed by atoms with Crippen molar-refractivity contribution in [3.05, 3.63) is 29.0 Å². The lowest BCUT2D eigenvalue weighted by molar-refractivity contribution is -0.145. The molecule has 0 aromatic heterocycles. The standard InChI is InChI=1S/C16H20ClFN2O3/c1-10(16(22)23-2)8-20(12-4-5-12)9-15(21)19-14-6-3-11(18)7-13(14)17/h3,6-7,10,12H,4-5,8-9H2,1-2H3,(H,19,21)/t10-/m0/s1. The molecule has 0 radical (unpaired) electrons. The van der Waals surface area contributed by atoms with Crippen LogP contribution in [0.15, 0.2) is 18.2 Å². The molecule has 1 N–H and O–H groups in total. The Morgan fingerprint density at radius 2 is 2.17 bits per heavy atom. The van der Waals surface area contributed by atoms with E-state index in [2.05, 4.69) is 5.32 Å². The Bertz CT molecular complexity index is 593. The van der Waals surface area contributed by atoms with E-state index in [-0.39, 0.29) is 29.4 Å². The van der Waals surface area contributed by atoms with Crippen LogP contribution < -0.4 is 5.32 Å². The maximum Gasteiger partial charge on any atom is 0.309 e. The Balaban J connectivity index is 1.94. The minimum atomic E-state index is -0.459. The molecule has 1 aromatic carbocycles. The SMILES string of the molecule is COC(=O)[C@@H](C)CN(CC(=O)Nc1ccc(F)cc1Cl)C1CC1. The van der Waals surface area contributed by atoms with Crippen molar-refractivity contribution in [2.24, 2.45) is 5.92 Å². The van der Waals surface area contributed by atoms with Gasteiger partial charge in [0.1, 0.15) is 5.82 Å². The highest BCUT2D eigenvalue weighted by atomic mass is 35.5. The molecule has 23 heavy (non-hydrogen) atoms. The fourth-order valence-corrected chi connectivity index (χ4v) is 2.59. The van der Waals surface area contributed by atoms with E-state index in [1.807, 2.05) is 4.90 Å². The van der Waals surface area contributed by atoms with Crippen LogP contribution in [-0.2, 0) is 14.3 Å². The van der Waals surface area contributed by atoms with Crippen LogP contribution in [0.1, 0.15) is 19.8 Å². The van der Waals surface area contributed by atoms with Gasteiger partial charge in [0.2, 0.25) is 5.91 Å². The van der Waals surface area contributed by atoms with Crippen molar-refractivity contribution in [3.63, 3.8) is 0 Å². The summed E-state index contributed by atoms with van der Waals surface area (Å²) >= 11 is 5.90. The summed E-state index contributed by atoms with van der Waals surface area (Å²) < 4.78 is 17.7. The van der Waals surface area contributed by atoms with Gasteiger partial charge in [-0.15, -0.1) is 0 Å². The second-order valence-corrected chi connectivity index (χ2v) is 6.16. The molecule has 1 aliphatic rings. The Kier molecular flexibility index (Phi) is 5.96. The van der Waals surface area contributed by atoms with Gasteiger partial charge in [0.25, 0.3) is 0 Å². The number of halogens is 2. The molecule has 0 heterocycles. The van der Waals surface area contributed by atoms with Gasteiger partial charge in [-0.2, -0.15) is 0 Å². The minimum absolute atomic E-state index is 0.152. The fourth-order valence-electron chi connectivity index (χ4n) is 2.37. The van der Waals surface area contributed by atoms with Gasteiger partial charge in [-0.25, -0.2) is 4.39 Å². The molecule has 126 valence electrons. The molecule has 1 aromatic rings. The Morgan fingerprint density at radius 1 is 1.48 bits per heavy atom. The molecule has 7 heteroatoms. The van der Waals surface area contributed by atoms with E-state index in [0.29, 0.717) is 18.3 Å². The fraction of sp³-hybridized carbons (Fsp3) is 0.500. The van der Waals surface area contributed by atoms with Crippen LogP contribution in [0.3, 0.4) is 0 Å². The Morgan fingerprint density at radius 3 is 2.74 bits per heavy atom. The predicted molar refractivity (Wildman–Crippen MR) is 85.8 cm³/mol. The second-order valence-electron chi connectivity index (χ2n) is 5.76. The lowest BCUT2D eigenvalue weighted by Gasteiger charge is -2.24. The van der Waals surface area contributed by atoms with Crippen molar-refractivity contribution in [1.29, 1.82) is 0 Å². The van der Waals surface area contributed by atoms with Crippen LogP contribution in [0, 0.1) is 11.7 Å². The maximum absolute atomic E-state index is 13.0. The number of hydrogen-bond donors (Lipinski definition) is 1. The van der Waals surface area contributed by atoms with Gasteiger partial charge >= 0.3 is 5.97 Å². The van der Waals surface area contributed by atoms with E-state index in [1.165, 1.54) is 19.2 Å². The van der Waals surface area contributed by atoms with E-state index < -0.39 is 5.82 Å². The van der Waals surface area contributed by atoms with Crippen LogP contribution in [0.5, 0.6) is 0 Å². The Hall–Kier alpha value is -1.66. The van der Waals surface area contributed by atoms with Crippen LogP contribution in [-0.4, -0.2) is 43.0 Å². The summed E-state index contributed by atoms with van der Waals surface area (Å²) in [6, 6.07) is 4.12. The van der Waals surface area contributed by atoms with Crippen LogP contribution in [0.4, 0.5) is 10.1 Å². The third-order valence-electron chi connectivity index (χ3n) is 3.73. The van der Waals surface area contributed by atoms with E-state index in [4.69, 9.17) is 16.3 Å². The molecule has 1 aliphatic carbocycles. The van der Waals surface area contributed by atoms with Crippen LogP contribution in [0.2, 0.25) is 5.02 Å². The summed E-state index contributed by atoms with van der Waals surface area (Å²) in [7, 11) is 1.35. The molecular formula is C16H20ClFN2O3. The van der Waals surface area contributed by atoms with E-state index in [9.17, 15) is 14.0 Å². The van der Waals surface area contributed by atoms with Crippen molar-refractivity contribution in [1.82, 2.24) is 4.90 Å². The zero-order chi connectivity index (χ0) is 17.0. The average Bonchev–Trinajstić information content (AvgIpc) is 3.33. The first kappa shape index (κ1) is 17.7. The van der Waals surface area contributed by atoms with Crippen molar-refractivity contribution >= 4 is 29.2 Å². The summed E-state index contributed by atoms with van der Waals surface area (Å²) in [6.07, 6.45) is 2.02. The van der Waals surface area contributed by atoms with Gasteiger partial charge in [0.15, 0.2) is 0 Å². The first-order valence-corrected chi connectivity index (χ1v) is 7.85. The number of methoxy groups -OCH3 is 1. The first-order valence-electron chi connectivity index (χ1n) is 7.47. The van der Waals surface area contributed by atoms with Crippen molar-refractivity contribution in [2.75, 3.05) is 25.5 Å². The molecule has 0 bridgehead atoms. The van der Waals surface area contributed by atoms with Crippen molar-refractivity contribution < 1.29 is 18.7 Å². The monoisotopic (exact) mass is 342 g/mol. The zero-order valence-corrected chi connectivity index (χ0v) is 13.9. The van der Waals surface area contributed by atoms with Crippen LogP contribution in [0.25, 0.3) is 0 Å². The topological polar surface area (TPSA) is 58.6 Å². The number of hydrogen-bond acceptors (Lipinski definition) is 4. The van der Waals surface area contributed by atoms with Crippen molar-refractivity contribution in [3.8, 4) is 0 Å². The number of carbonyl (C=O) groups excluding carboxylic acids is 2. The summed E-state index contributed by atoms with van der Waals surface area (Å²) in [4.78, 5) is 25.7. The number of rotatable bonds is 7. The number of benzene rings is 1.